The molecule has 0 spiro atoms. The van der Waals surface area contributed by atoms with Gasteiger partial charge in [0.05, 0.1) is 18.3 Å². The first-order chi connectivity index (χ1) is 16.9. The second-order valence-electron chi connectivity index (χ2n) is 8.00. The number of nitrogens with one attached hydrogen (secondary N) is 1. The molecule has 0 aliphatic rings. The maximum absolute atomic E-state index is 13.5. The van der Waals surface area contributed by atoms with Gasteiger partial charge in [0, 0.05) is 30.2 Å². The number of carbonyl (C=O) groups is 2. The van der Waals surface area contributed by atoms with E-state index in [1.54, 1.807) is 24.3 Å². The Morgan fingerprint density at radius 2 is 1.92 bits per heavy atom. The van der Waals surface area contributed by atoms with Crippen LogP contribution in [-0.2, 0) is 26.2 Å². The number of nitro groups is 1. The lowest BCUT2D eigenvalue weighted by atomic mass is 10.1. The Balaban J connectivity index is 2.50. The molecule has 36 heavy (non-hydrogen) atoms. The number of methoxy groups -OCH3 is 1. The lowest BCUT2D eigenvalue weighted by molar-refractivity contribution is -0.384. The lowest BCUT2D eigenvalue weighted by Crippen LogP contribution is -2.51. The number of carbonyl (C=O) groups excluding carboxylic acids is 2. The van der Waals surface area contributed by atoms with E-state index in [4.69, 9.17) is 16.3 Å². The number of non-ortho nitro benzene ring substituents is 1. The van der Waals surface area contributed by atoms with E-state index in [1.807, 2.05) is 6.92 Å². The Morgan fingerprint density at radius 1 is 1.22 bits per heavy atom. The molecule has 0 unspecified atom stereocenters. The van der Waals surface area contributed by atoms with Crippen LogP contribution in [0.15, 0.2) is 42.5 Å². The summed E-state index contributed by atoms with van der Waals surface area (Å²) in [6, 6.07) is 9.20. The van der Waals surface area contributed by atoms with Gasteiger partial charge < -0.3 is 15.0 Å². The van der Waals surface area contributed by atoms with Crippen molar-refractivity contribution >= 4 is 44.8 Å². The molecule has 0 radical (unpaired) electrons. The number of sulfonamides is 1. The summed E-state index contributed by atoms with van der Waals surface area (Å²) in [6.07, 6.45) is 1.56. The highest BCUT2D eigenvalue weighted by atomic mass is 35.5. The molecule has 2 amide bonds. The van der Waals surface area contributed by atoms with Gasteiger partial charge in [0.2, 0.25) is 21.8 Å². The van der Waals surface area contributed by atoms with Crippen LogP contribution in [-0.4, -0.2) is 62.6 Å². The maximum atomic E-state index is 13.5. The molecule has 2 rings (SSSR count). The lowest BCUT2D eigenvalue weighted by Gasteiger charge is -2.31. The average Bonchev–Trinajstić information content (AvgIpc) is 2.82. The summed E-state index contributed by atoms with van der Waals surface area (Å²) in [4.78, 5) is 38.1. The number of hydrogen-bond acceptors (Lipinski definition) is 7. The fraction of sp³-hybridized carbons (Fsp3) is 0.391. The molecule has 0 fully saturated rings. The van der Waals surface area contributed by atoms with Crippen LogP contribution >= 0.6 is 11.6 Å². The van der Waals surface area contributed by atoms with Gasteiger partial charge in [-0.05, 0) is 37.1 Å². The SMILES string of the molecule is CCCNC(=O)[C@@H](C)N(Cc1cccc(Cl)c1)C(=O)CN(c1cc([N+](=O)[O-])ccc1OC)S(C)(=O)=O. The Kier molecular flexibility index (Phi) is 10.1. The largest absolute Gasteiger partial charge is 0.495 e. The first kappa shape index (κ1) is 28.9. The minimum absolute atomic E-state index is 0.0222. The summed E-state index contributed by atoms with van der Waals surface area (Å²) in [7, 11) is -2.82. The Bertz CT molecular complexity index is 1220. The predicted octanol–water partition coefficient (Wildman–Crippen LogP) is 2.97. The number of halogens is 1. The second-order valence-corrected chi connectivity index (χ2v) is 10.3. The van der Waals surface area contributed by atoms with Crippen LogP contribution in [0.4, 0.5) is 11.4 Å². The van der Waals surface area contributed by atoms with Gasteiger partial charge in [0.25, 0.3) is 5.69 Å². The van der Waals surface area contributed by atoms with Crippen molar-refractivity contribution in [2.24, 2.45) is 0 Å². The van der Waals surface area contributed by atoms with E-state index in [-0.39, 0.29) is 23.7 Å². The minimum Gasteiger partial charge on any atom is -0.495 e. The smallest absolute Gasteiger partial charge is 0.271 e. The number of nitro benzene ring substituents is 1. The number of rotatable bonds is 12. The molecule has 0 saturated heterocycles. The van der Waals surface area contributed by atoms with Gasteiger partial charge in [-0.25, -0.2) is 8.42 Å². The van der Waals surface area contributed by atoms with E-state index >= 15 is 0 Å². The quantitative estimate of drug-likeness (QED) is 0.322. The number of nitrogens with zero attached hydrogens (tertiary/aromatic N) is 3. The van der Waals surface area contributed by atoms with E-state index in [1.165, 1.54) is 25.0 Å². The zero-order valence-corrected chi connectivity index (χ0v) is 22.0. The molecular formula is C23H29ClN4O7S. The summed E-state index contributed by atoms with van der Waals surface area (Å²) in [5.74, 6) is -1.09. The summed E-state index contributed by atoms with van der Waals surface area (Å²) < 4.78 is 31.4. The molecule has 0 aliphatic carbocycles. The van der Waals surface area contributed by atoms with Crippen molar-refractivity contribution in [2.45, 2.75) is 32.9 Å². The number of hydrogen-bond donors (Lipinski definition) is 1. The first-order valence-electron chi connectivity index (χ1n) is 11.0. The van der Waals surface area contributed by atoms with Crippen LogP contribution < -0.4 is 14.4 Å². The molecule has 1 atom stereocenters. The highest BCUT2D eigenvalue weighted by molar-refractivity contribution is 7.92. The van der Waals surface area contributed by atoms with Crippen molar-refractivity contribution in [1.29, 1.82) is 0 Å². The van der Waals surface area contributed by atoms with E-state index < -0.39 is 39.3 Å². The standard InChI is InChI=1S/C23H29ClN4O7S/c1-5-11-25-23(30)16(2)26(14-17-7-6-8-18(24)12-17)22(29)15-27(36(4,33)34)20-13-19(28(31)32)9-10-21(20)35-3/h6-10,12-13,16H,5,11,14-15H2,1-4H3,(H,25,30)/t16-/m1/s1. The molecule has 2 aromatic carbocycles. The van der Waals surface area contributed by atoms with Gasteiger partial charge in [-0.15, -0.1) is 0 Å². The predicted molar refractivity (Wildman–Crippen MR) is 137 cm³/mol. The van der Waals surface area contributed by atoms with Gasteiger partial charge >= 0.3 is 0 Å². The molecule has 11 nitrogen and oxygen atoms in total. The molecule has 0 saturated carbocycles. The van der Waals surface area contributed by atoms with Gasteiger partial charge in [-0.1, -0.05) is 30.7 Å². The number of amides is 2. The fourth-order valence-corrected chi connectivity index (χ4v) is 4.45. The van der Waals surface area contributed by atoms with Crippen molar-refractivity contribution in [3.8, 4) is 5.75 Å². The molecule has 2 aromatic rings. The third-order valence-electron chi connectivity index (χ3n) is 5.28. The van der Waals surface area contributed by atoms with Crippen molar-refractivity contribution in [3.63, 3.8) is 0 Å². The van der Waals surface area contributed by atoms with E-state index in [0.717, 1.165) is 22.7 Å². The normalized spacial score (nSPS) is 11.9. The van der Waals surface area contributed by atoms with E-state index in [9.17, 15) is 28.1 Å². The molecule has 0 aromatic heterocycles. The van der Waals surface area contributed by atoms with Crippen LogP contribution in [0.3, 0.4) is 0 Å². The summed E-state index contributed by atoms with van der Waals surface area (Å²) >= 11 is 6.08. The molecule has 13 heteroatoms. The monoisotopic (exact) mass is 540 g/mol. The molecule has 196 valence electrons. The highest BCUT2D eigenvalue weighted by Crippen LogP contribution is 2.34. The Labute approximate surface area is 215 Å². The van der Waals surface area contributed by atoms with Crippen LogP contribution in [0.25, 0.3) is 0 Å². The van der Waals surface area contributed by atoms with E-state index in [0.29, 0.717) is 23.6 Å². The van der Waals surface area contributed by atoms with Crippen molar-refractivity contribution in [1.82, 2.24) is 10.2 Å². The van der Waals surface area contributed by atoms with Crippen LogP contribution in [0.1, 0.15) is 25.8 Å². The fourth-order valence-electron chi connectivity index (χ4n) is 3.39. The maximum Gasteiger partial charge on any atom is 0.271 e. The van der Waals surface area contributed by atoms with Crippen LogP contribution in [0, 0.1) is 10.1 Å². The molecule has 0 aliphatic heterocycles. The molecule has 0 heterocycles. The average molecular weight is 541 g/mol. The zero-order valence-electron chi connectivity index (χ0n) is 20.4. The number of benzene rings is 2. The first-order valence-corrected chi connectivity index (χ1v) is 13.2. The Hall–Kier alpha value is -3.38. The number of anilines is 1. The summed E-state index contributed by atoms with van der Waals surface area (Å²) in [6.45, 7) is 3.08. The topological polar surface area (TPSA) is 139 Å². The minimum atomic E-state index is -4.10. The summed E-state index contributed by atoms with van der Waals surface area (Å²) in [5, 5.41) is 14.5. The van der Waals surface area contributed by atoms with Gasteiger partial charge in [-0.2, -0.15) is 0 Å². The highest BCUT2D eigenvalue weighted by Gasteiger charge is 2.32. The van der Waals surface area contributed by atoms with Crippen molar-refractivity contribution < 1.29 is 27.7 Å². The van der Waals surface area contributed by atoms with Crippen LogP contribution in [0.5, 0.6) is 5.75 Å². The third kappa shape index (κ3) is 7.56. The third-order valence-corrected chi connectivity index (χ3v) is 6.64. The van der Waals surface area contributed by atoms with Gasteiger partial charge in [-0.3, -0.25) is 24.0 Å². The zero-order chi connectivity index (χ0) is 27.0. The molecular weight excluding hydrogens is 512 g/mol. The molecule has 0 bridgehead atoms. The Morgan fingerprint density at radius 3 is 2.47 bits per heavy atom. The number of ether oxygens (including phenoxy) is 1. The second kappa shape index (κ2) is 12.5. The summed E-state index contributed by atoms with van der Waals surface area (Å²) in [5.41, 5.74) is 0.0770. The van der Waals surface area contributed by atoms with E-state index in [2.05, 4.69) is 5.32 Å². The van der Waals surface area contributed by atoms with Gasteiger partial charge in [0.15, 0.2) is 0 Å². The van der Waals surface area contributed by atoms with Crippen LogP contribution in [0.2, 0.25) is 5.02 Å². The molecule has 1 N–H and O–H groups in total. The van der Waals surface area contributed by atoms with Gasteiger partial charge in [0.1, 0.15) is 24.0 Å². The van der Waals surface area contributed by atoms with Crippen molar-refractivity contribution in [3.05, 3.63) is 63.2 Å². The van der Waals surface area contributed by atoms with Crippen molar-refractivity contribution in [2.75, 3.05) is 30.8 Å².